The third kappa shape index (κ3) is 4.09. The van der Waals surface area contributed by atoms with E-state index < -0.39 is 33.1 Å². The summed E-state index contributed by atoms with van der Waals surface area (Å²) in [7, 11) is 1.13. The van der Waals surface area contributed by atoms with Crippen LogP contribution in [0.2, 0.25) is 0 Å². The van der Waals surface area contributed by atoms with Crippen LogP contribution in [0.15, 0.2) is 63.8 Å². The van der Waals surface area contributed by atoms with Gasteiger partial charge in [-0.15, -0.1) is 0 Å². The zero-order chi connectivity index (χ0) is 23.6. The predicted molar refractivity (Wildman–Crippen MR) is 111 cm³/mol. The van der Waals surface area contributed by atoms with Crippen LogP contribution in [0.5, 0.6) is 0 Å². The summed E-state index contributed by atoms with van der Waals surface area (Å²) in [5, 5.41) is 32.1. The molecule has 0 unspecified atom stereocenters. The average Bonchev–Trinajstić information content (AvgIpc) is 3.11. The number of methoxy groups -OCH3 is 1. The van der Waals surface area contributed by atoms with Crippen molar-refractivity contribution in [2.24, 2.45) is 9.98 Å². The first kappa shape index (κ1) is 22.0. The highest BCUT2D eigenvalue weighted by molar-refractivity contribution is 6.36. The molecule has 12 nitrogen and oxygen atoms in total. The molecule has 0 aromatic heterocycles. The van der Waals surface area contributed by atoms with Crippen LogP contribution in [0.3, 0.4) is 0 Å². The minimum Gasteiger partial charge on any atom is -0.512 e. The van der Waals surface area contributed by atoms with Crippen molar-refractivity contribution in [3.8, 4) is 0 Å². The van der Waals surface area contributed by atoms with E-state index in [4.69, 9.17) is 0 Å². The fourth-order valence-electron chi connectivity index (χ4n) is 2.99. The van der Waals surface area contributed by atoms with Gasteiger partial charge < -0.3 is 9.84 Å². The number of fused-ring (bicyclic) bond motifs is 1. The number of carbonyl (C=O) groups is 2. The molecule has 0 spiro atoms. The molecule has 0 atom stereocenters. The molecule has 0 radical (unpaired) electrons. The second-order valence-corrected chi connectivity index (χ2v) is 6.45. The van der Waals surface area contributed by atoms with Gasteiger partial charge in [-0.3, -0.25) is 25.0 Å². The Morgan fingerprint density at radius 1 is 1.03 bits per heavy atom. The Hall–Kier alpha value is -4.74. The molecule has 1 heterocycles. The standard InChI is InChI=1S/C20H14N4O8/c1-10(25)16(20(27)32-2)17-14-5-3-4-6-15(14)18(21-17)22-19(26)11-7-12(23(28)29)9-13(8-11)24(30)31/h3-9,25H,1-2H3. The number of ether oxygens (including phenoxy) is 1. The van der Waals surface area contributed by atoms with E-state index in [1.807, 2.05) is 0 Å². The summed E-state index contributed by atoms with van der Waals surface area (Å²) in [4.78, 5) is 53.3. The molecule has 0 aliphatic carbocycles. The van der Waals surface area contributed by atoms with Crippen LogP contribution in [-0.4, -0.2) is 45.5 Å². The molecule has 2 aromatic carbocycles. The molecule has 0 saturated heterocycles. The third-order valence-electron chi connectivity index (χ3n) is 4.41. The van der Waals surface area contributed by atoms with Crippen molar-refractivity contribution in [2.45, 2.75) is 6.92 Å². The number of carbonyl (C=O) groups excluding carboxylic acids is 2. The minimum atomic E-state index is -1.02. The van der Waals surface area contributed by atoms with E-state index in [1.165, 1.54) is 6.92 Å². The lowest BCUT2D eigenvalue weighted by Crippen LogP contribution is -2.16. The lowest BCUT2D eigenvalue weighted by Gasteiger charge is -2.07. The number of esters is 1. The van der Waals surface area contributed by atoms with Crippen molar-refractivity contribution in [1.82, 2.24) is 0 Å². The van der Waals surface area contributed by atoms with Gasteiger partial charge in [0.15, 0.2) is 5.84 Å². The second kappa shape index (κ2) is 8.55. The van der Waals surface area contributed by atoms with Crippen LogP contribution < -0.4 is 0 Å². The Morgan fingerprint density at radius 2 is 1.59 bits per heavy atom. The zero-order valence-corrected chi connectivity index (χ0v) is 16.6. The van der Waals surface area contributed by atoms with Crippen LogP contribution in [0.25, 0.3) is 0 Å². The van der Waals surface area contributed by atoms with Gasteiger partial charge in [0.1, 0.15) is 11.3 Å². The minimum absolute atomic E-state index is 0.0176. The van der Waals surface area contributed by atoms with Gasteiger partial charge in [-0.05, 0) is 6.92 Å². The van der Waals surface area contributed by atoms with Crippen LogP contribution in [0.1, 0.15) is 28.4 Å². The van der Waals surface area contributed by atoms with E-state index in [0.29, 0.717) is 11.1 Å². The molecule has 0 saturated carbocycles. The van der Waals surface area contributed by atoms with E-state index in [1.54, 1.807) is 24.3 Å². The van der Waals surface area contributed by atoms with Gasteiger partial charge in [-0.1, -0.05) is 24.3 Å². The summed E-state index contributed by atoms with van der Waals surface area (Å²) >= 11 is 0. The Balaban J connectivity index is 2.15. The molecule has 1 aliphatic heterocycles. The largest absolute Gasteiger partial charge is 0.512 e. The predicted octanol–water partition coefficient (Wildman–Crippen LogP) is 2.90. The number of nitrogens with zero attached hydrogens (tertiary/aromatic N) is 4. The lowest BCUT2D eigenvalue weighted by molar-refractivity contribution is -0.394. The quantitative estimate of drug-likeness (QED) is 0.244. The average molecular weight is 438 g/mol. The Kier molecular flexibility index (Phi) is 5.87. The fourth-order valence-corrected chi connectivity index (χ4v) is 2.99. The van der Waals surface area contributed by atoms with Crippen molar-refractivity contribution in [1.29, 1.82) is 0 Å². The Morgan fingerprint density at radius 3 is 2.09 bits per heavy atom. The van der Waals surface area contributed by atoms with Gasteiger partial charge in [-0.25, -0.2) is 9.79 Å². The topological polar surface area (TPSA) is 175 Å². The smallest absolute Gasteiger partial charge is 0.343 e. The van der Waals surface area contributed by atoms with Gasteiger partial charge in [0.2, 0.25) is 0 Å². The van der Waals surface area contributed by atoms with Crippen molar-refractivity contribution in [3.63, 3.8) is 0 Å². The number of allylic oxidation sites excluding steroid dienone is 1. The number of hydrogen-bond acceptors (Lipinski definition) is 8. The van der Waals surface area contributed by atoms with Crippen molar-refractivity contribution in [3.05, 3.63) is 90.7 Å². The first-order valence-electron chi connectivity index (χ1n) is 8.88. The first-order chi connectivity index (χ1) is 15.1. The van der Waals surface area contributed by atoms with Crippen LogP contribution in [-0.2, 0) is 9.53 Å². The number of non-ortho nitro benzene ring substituents is 2. The number of aliphatic hydroxyl groups is 1. The van der Waals surface area contributed by atoms with E-state index in [2.05, 4.69) is 14.7 Å². The van der Waals surface area contributed by atoms with Gasteiger partial charge in [-0.2, -0.15) is 4.99 Å². The molecule has 0 fully saturated rings. The van der Waals surface area contributed by atoms with E-state index >= 15 is 0 Å². The Bertz CT molecular complexity index is 1240. The number of benzene rings is 2. The number of amidine groups is 1. The van der Waals surface area contributed by atoms with E-state index in [-0.39, 0.29) is 28.4 Å². The Labute approximate surface area is 179 Å². The number of aliphatic imine (C=N–C) groups is 2. The van der Waals surface area contributed by atoms with E-state index in [9.17, 15) is 34.9 Å². The summed E-state index contributed by atoms with van der Waals surface area (Å²) < 4.78 is 4.69. The number of hydrogen-bond donors (Lipinski definition) is 1. The van der Waals surface area contributed by atoms with Gasteiger partial charge >= 0.3 is 5.97 Å². The summed E-state index contributed by atoms with van der Waals surface area (Å²) in [6, 6.07) is 8.88. The number of nitro benzene ring substituents is 2. The second-order valence-electron chi connectivity index (χ2n) is 6.45. The molecule has 2 aromatic rings. The molecule has 12 heteroatoms. The molecule has 1 amide bonds. The lowest BCUT2D eigenvalue weighted by atomic mass is 9.99. The molecule has 162 valence electrons. The van der Waals surface area contributed by atoms with Crippen LogP contribution >= 0.6 is 0 Å². The zero-order valence-electron chi connectivity index (χ0n) is 16.6. The van der Waals surface area contributed by atoms with Crippen molar-refractivity contribution in [2.75, 3.05) is 7.11 Å². The van der Waals surface area contributed by atoms with Crippen LogP contribution in [0, 0.1) is 20.2 Å². The maximum Gasteiger partial charge on any atom is 0.343 e. The number of amides is 1. The van der Waals surface area contributed by atoms with Crippen molar-refractivity contribution < 1.29 is 29.3 Å². The highest BCUT2D eigenvalue weighted by atomic mass is 16.6. The molecule has 32 heavy (non-hydrogen) atoms. The molecule has 1 N–H and O–H groups in total. The SMILES string of the molecule is COC(=O)C(C1=NC(=NC(=O)c2cc([N+](=O)[O-])cc([N+](=O)[O-])c2)c2ccccc21)=C(C)O. The molecular formula is C20H14N4O8. The van der Waals surface area contributed by atoms with E-state index in [0.717, 1.165) is 25.3 Å². The van der Waals surface area contributed by atoms with Gasteiger partial charge in [0.05, 0.1) is 34.3 Å². The van der Waals surface area contributed by atoms with Crippen molar-refractivity contribution >= 4 is 34.8 Å². The first-order valence-corrected chi connectivity index (χ1v) is 8.88. The number of aliphatic hydroxyl groups excluding tert-OH is 1. The maximum absolute atomic E-state index is 12.7. The van der Waals surface area contributed by atoms with Gasteiger partial charge in [0.25, 0.3) is 17.3 Å². The molecular weight excluding hydrogens is 424 g/mol. The highest BCUT2D eigenvalue weighted by Crippen LogP contribution is 2.27. The van der Waals surface area contributed by atoms with Crippen LogP contribution in [0.4, 0.5) is 11.4 Å². The molecule has 1 aliphatic rings. The number of nitro groups is 2. The normalized spacial score (nSPS) is 14.3. The summed E-state index contributed by atoms with van der Waals surface area (Å²) in [5.74, 6) is -2.39. The summed E-state index contributed by atoms with van der Waals surface area (Å²) in [6.07, 6.45) is 0. The molecule has 3 rings (SSSR count). The van der Waals surface area contributed by atoms with Gasteiger partial charge in [0, 0.05) is 23.3 Å². The highest BCUT2D eigenvalue weighted by Gasteiger charge is 2.30. The maximum atomic E-state index is 12.7. The number of rotatable bonds is 5. The summed E-state index contributed by atoms with van der Waals surface area (Å²) in [5.41, 5.74) is -1.17. The third-order valence-corrected chi connectivity index (χ3v) is 4.41. The fraction of sp³-hybridized carbons (Fsp3) is 0.100. The summed E-state index contributed by atoms with van der Waals surface area (Å²) in [6.45, 7) is 1.26. The monoisotopic (exact) mass is 438 g/mol. The molecule has 0 bridgehead atoms.